The maximum absolute atomic E-state index is 11.1. The lowest BCUT2D eigenvalue weighted by Crippen LogP contribution is -2.07. The smallest absolute Gasteiger partial charge is 0.323 e. The Morgan fingerprint density at radius 3 is 2.36 bits per heavy atom. The summed E-state index contributed by atoms with van der Waals surface area (Å²) in [6.07, 6.45) is 0.464. The van der Waals surface area contributed by atoms with Crippen LogP contribution in [0.25, 0.3) is 0 Å². The van der Waals surface area contributed by atoms with E-state index in [4.69, 9.17) is 9.42 Å². The van der Waals surface area contributed by atoms with Gasteiger partial charge in [-0.3, -0.25) is 4.57 Å². The molecule has 0 aromatic heterocycles. The molecule has 0 aromatic carbocycles. The molecule has 0 rings (SSSR count). The van der Waals surface area contributed by atoms with E-state index in [-0.39, 0.29) is 6.10 Å². The highest BCUT2D eigenvalue weighted by molar-refractivity contribution is 8.08. The fourth-order valence-corrected chi connectivity index (χ4v) is 1.49. The third kappa shape index (κ3) is 4.43. The Morgan fingerprint density at radius 1 is 1.64 bits per heavy atom. The van der Waals surface area contributed by atoms with Crippen LogP contribution in [-0.4, -0.2) is 15.3 Å². The van der Waals surface area contributed by atoms with Gasteiger partial charge in [-0.15, -0.1) is 0 Å². The Morgan fingerprint density at radius 2 is 2.09 bits per heavy atom. The number of hydrogen-bond donors (Lipinski definition) is 3. The Labute approximate surface area is 77.9 Å². The summed E-state index contributed by atoms with van der Waals surface area (Å²) in [6, 6.07) is 0. The van der Waals surface area contributed by atoms with Gasteiger partial charge in [-0.05, 0) is 13.3 Å². The monoisotopic (exact) mass is 216 g/mol. The molecule has 0 heterocycles. The molecule has 0 aliphatic carbocycles. The minimum absolute atomic E-state index is 0.229. The van der Waals surface area contributed by atoms with Gasteiger partial charge in [0.2, 0.25) is 0 Å². The molecule has 0 fully saturated rings. The van der Waals surface area contributed by atoms with Crippen molar-refractivity contribution in [3.63, 3.8) is 0 Å². The average Bonchev–Trinajstić information content (AvgIpc) is 1.86. The van der Waals surface area contributed by atoms with Gasteiger partial charge in [0.1, 0.15) is 4.32 Å². The second kappa shape index (κ2) is 4.77. The van der Waals surface area contributed by atoms with Gasteiger partial charge in [0.05, 0.1) is 6.10 Å². The van der Waals surface area contributed by atoms with Crippen LogP contribution >= 0.6 is 32.9 Å². The summed E-state index contributed by atoms with van der Waals surface area (Å²) in [4.78, 5) is 9.07. The number of thiol groups is 2. The maximum Gasteiger partial charge on any atom is 0.350 e. The second-order valence-electron chi connectivity index (χ2n) is 2.23. The van der Waals surface area contributed by atoms with Gasteiger partial charge in [-0.1, -0.05) is 6.92 Å². The first kappa shape index (κ1) is 11.8. The lowest BCUT2D eigenvalue weighted by Gasteiger charge is -2.18. The van der Waals surface area contributed by atoms with E-state index in [9.17, 15) is 4.57 Å². The molecule has 0 saturated heterocycles. The van der Waals surface area contributed by atoms with Gasteiger partial charge in [-0.2, -0.15) is 25.3 Å². The van der Waals surface area contributed by atoms with Crippen LogP contribution in [0.1, 0.15) is 20.3 Å². The van der Waals surface area contributed by atoms with Crippen LogP contribution in [0.5, 0.6) is 0 Å². The van der Waals surface area contributed by atoms with Crippen LogP contribution in [0.4, 0.5) is 0 Å². The van der Waals surface area contributed by atoms with Crippen molar-refractivity contribution in [3.8, 4) is 0 Å². The first-order chi connectivity index (χ1) is 4.90. The zero-order valence-electron chi connectivity index (χ0n) is 6.47. The molecule has 0 saturated carbocycles. The molecule has 0 bridgehead atoms. The first-order valence-electron chi connectivity index (χ1n) is 3.27. The van der Waals surface area contributed by atoms with Crippen LogP contribution in [0.3, 0.4) is 0 Å². The number of hydrogen-bond acceptors (Lipinski definition) is 4. The van der Waals surface area contributed by atoms with Crippen LogP contribution in [0.15, 0.2) is 0 Å². The maximum atomic E-state index is 11.1. The molecule has 68 valence electrons. The van der Waals surface area contributed by atoms with Crippen molar-refractivity contribution in [2.75, 3.05) is 0 Å². The van der Waals surface area contributed by atoms with Crippen LogP contribution in [0, 0.1) is 0 Å². The minimum Gasteiger partial charge on any atom is -0.323 e. The Bertz CT molecular complexity index is 162. The molecule has 0 spiro atoms. The summed E-state index contributed by atoms with van der Waals surface area (Å²) in [6.45, 7) is 3.60. The van der Waals surface area contributed by atoms with E-state index in [0.717, 1.165) is 0 Å². The third-order valence-electron chi connectivity index (χ3n) is 1.20. The molecular formula is C5H13O3PS2. The fraction of sp³-hybridized carbons (Fsp3) is 1.00. The molecular weight excluding hydrogens is 203 g/mol. The highest BCUT2D eigenvalue weighted by Crippen LogP contribution is 2.52. The summed E-state index contributed by atoms with van der Waals surface area (Å²) < 4.78 is 15.0. The molecule has 0 aliphatic rings. The fourth-order valence-electron chi connectivity index (χ4n) is 0.387. The van der Waals surface area contributed by atoms with Gasteiger partial charge in [0.25, 0.3) is 0 Å². The van der Waals surface area contributed by atoms with Crippen molar-refractivity contribution in [2.45, 2.75) is 30.7 Å². The van der Waals surface area contributed by atoms with E-state index in [2.05, 4.69) is 25.3 Å². The summed E-state index contributed by atoms with van der Waals surface area (Å²) >= 11 is 7.44. The van der Waals surface area contributed by atoms with Crippen LogP contribution in [-0.2, 0) is 9.09 Å². The van der Waals surface area contributed by atoms with E-state index in [1.165, 1.54) is 0 Å². The molecule has 1 N–H and O–H groups in total. The highest BCUT2D eigenvalue weighted by Gasteiger charge is 2.27. The van der Waals surface area contributed by atoms with E-state index >= 15 is 0 Å². The van der Waals surface area contributed by atoms with E-state index in [1.54, 1.807) is 6.92 Å². The summed E-state index contributed by atoms with van der Waals surface area (Å²) in [5, 5.41) is 0. The quantitative estimate of drug-likeness (QED) is 0.383. The molecule has 11 heavy (non-hydrogen) atoms. The molecule has 6 heteroatoms. The SMILES string of the molecule is CCC(C)OP(=O)(O)C(S)S. The van der Waals surface area contributed by atoms with Gasteiger partial charge in [-0.25, -0.2) is 0 Å². The summed E-state index contributed by atoms with van der Waals surface area (Å²) in [5.74, 6) is 0. The molecule has 0 aliphatic heterocycles. The first-order valence-corrected chi connectivity index (χ1v) is 5.95. The van der Waals surface area contributed by atoms with E-state index < -0.39 is 11.9 Å². The van der Waals surface area contributed by atoms with Gasteiger partial charge in [0.15, 0.2) is 0 Å². The Balaban J connectivity index is 4.02. The zero-order valence-corrected chi connectivity index (χ0v) is 9.15. The minimum atomic E-state index is -3.61. The standard InChI is InChI=1S/C5H13O3PS2/c1-3-4(2)8-9(6,7)5(10)11/h4-5,10-11H,3H2,1-2H3,(H,6,7). The van der Waals surface area contributed by atoms with Crippen LogP contribution < -0.4 is 0 Å². The molecule has 2 unspecified atom stereocenters. The Kier molecular flexibility index (Phi) is 5.14. The van der Waals surface area contributed by atoms with Crippen molar-refractivity contribution < 1.29 is 14.0 Å². The van der Waals surface area contributed by atoms with Crippen molar-refractivity contribution >= 4 is 32.9 Å². The lowest BCUT2D eigenvalue weighted by molar-refractivity contribution is 0.187. The normalized spacial score (nSPS) is 19.8. The average molecular weight is 216 g/mol. The number of rotatable bonds is 4. The van der Waals surface area contributed by atoms with Crippen LogP contribution in [0.2, 0.25) is 0 Å². The summed E-state index contributed by atoms with van der Waals surface area (Å²) in [5.41, 5.74) is 0. The molecule has 2 atom stereocenters. The van der Waals surface area contributed by atoms with Crippen molar-refractivity contribution in [1.29, 1.82) is 0 Å². The van der Waals surface area contributed by atoms with Gasteiger partial charge < -0.3 is 9.42 Å². The van der Waals surface area contributed by atoms with Crippen molar-refractivity contribution in [1.82, 2.24) is 0 Å². The second-order valence-corrected chi connectivity index (χ2v) is 6.35. The van der Waals surface area contributed by atoms with E-state index in [1.807, 2.05) is 6.92 Å². The van der Waals surface area contributed by atoms with Gasteiger partial charge >= 0.3 is 7.60 Å². The van der Waals surface area contributed by atoms with E-state index in [0.29, 0.717) is 6.42 Å². The lowest BCUT2D eigenvalue weighted by atomic mass is 10.3. The van der Waals surface area contributed by atoms with Gasteiger partial charge in [0, 0.05) is 0 Å². The highest BCUT2D eigenvalue weighted by atomic mass is 32.2. The molecule has 3 nitrogen and oxygen atoms in total. The predicted octanol–water partition coefficient (Wildman–Crippen LogP) is 2.13. The summed E-state index contributed by atoms with van der Waals surface area (Å²) in [7, 11) is -3.61. The molecule has 0 radical (unpaired) electrons. The van der Waals surface area contributed by atoms with Crippen molar-refractivity contribution in [2.24, 2.45) is 0 Å². The Hall–Kier alpha value is 0.850. The third-order valence-corrected chi connectivity index (χ3v) is 4.19. The topological polar surface area (TPSA) is 46.5 Å². The molecule has 0 amide bonds. The van der Waals surface area contributed by atoms with Crippen molar-refractivity contribution in [3.05, 3.63) is 0 Å². The molecule has 0 aromatic rings. The largest absolute Gasteiger partial charge is 0.350 e. The predicted molar refractivity (Wildman–Crippen MR) is 52.4 cm³/mol. The zero-order chi connectivity index (χ0) is 9.07.